The van der Waals surface area contributed by atoms with E-state index < -0.39 is 0 Å². The summed E-state index contributed by atoms with van der Waals surface area (Å²) in [6, 6.07) is 11.2. The minimum atomic E-state index is -0.289. The topological polar surface area (TPSA) is 56.5 Å². The van der Waals surface area contributed by atoms with E-state index in [4.69, 9.17) is 26.9 Å². The van der Waals surface area contributed by atoms with Gasteiger partial charge >= 0.3 is 0 Å². The summed E-state index contributed by atoms with van der Waals surface area (Å²) in [5, 5.41) is 0.655. The molecule has 112 valence electrons. The van der Waals surface area contributed by atoms with E-state index in [1.54, 1.807) is 14.2 Å². The molecule has 3 N–H and O–H groups in total. The maximum absolute atomic E-state index is 6.35. The Bertz CT molecular complexity index is 632. The first kappa shape index (κ1) is 15.6. The predicted octanol–water partition coefficient (Wildman–Crippen LogP) is 3.22. The van der Waals surface area contributed by atoms with Crippen LogP contribution in [0.25, 0.3) is 0 Å². The fourth-order valence-corrected chi connectivity index (χ4v) is 2.62. The fraction of sp³-hybridized carbons (Fsp3) is 0.250. The summed E-state index contributed by atoms with van der Waals surface area (Å²) < 4.78 is 10.7. The van der Waals surface area contributed by atoms with E-state index in [0.29, 0.717) is 5.02 Å². The molecule has 0 heterocycles. The van der Waals surface area contributed by atoms with Crippen LogP contribution in [0.5, 0.6) is 11.5 Å². The van der Waals surface area contributed by atoms with Gasteiger partial charge in [-0.05, 0) is 42.3 Å². The molecule has 1 unspecified atom stereocenters. The molecule has 0 fully saturated rings. The van der Waals surface area contributed by atoms with Gasteiger partial charge in [-0.3, -0.25) is 5.84 Å². The fourth-order valence-electron chi connectivity index (χ4n) is 2.28. The number of hydrazine groups is 1. The molecule has 0 saturated heterocycles. The quantitative estimate of drug-likeness (QED) is 0.658. The molecule has 2 rings (SSSR count). The highest BCUT2D eigenvalue weighted by molar-refractivity contribution is 6.31. The van der Waals surface area contributed by atoms with Crippen molar-refractivity contribution in [1.29, 1.82) is 0 Å². The average molecular weight is 307 g/mol. The maximum atomic E-state index is 6.35. The van der Waals surface area contributed by atoms with Gasteiger partial charge in [0.15, 0.2) is 0 Å². The first-order valence-electron chi connectivity index (χ1n) is 6.54. The Morgan fingerprint density at radius 2 is 1.81 bits per heavy atom. The van der Waals surface area contributed by atoms with Crippen molar-refractivity contribution in [2.24, 2.45) is 5.84 Å². The van der Waals surface area contributed by atoms with Crippen molar-refractivity contribution in [3.8, 4) is 11.5 Å². The van der Waals surface area contributed by atoms with Crippen molar-refractivity contribution < 1.29 is 9.47 Å². The lowest BCUT2D eigenvalue weighted by molar-refractivity contribution is 0.394. The Morgan fingerprint density at radius 1 is 1.05 bits per heavy atom. The van der Waals surface area contributed by atoms with Crippen LogP contribution in [-0.4, -0.2) is 14.2 Å². The molecule has 2 aromatic rings. The van der Waals surface area contributed by atoms with Crippen LogP contribution in [0.3, 0.4) is 0 Å². The van der Waals surface area contributed by atoms with Gasteiger partial charge in [-0.25, -0.2) is 5.43 Å². The summed E-state index contributed by atoms with van der Waals surface area (Å²) in [4.78, 5) is 0. The van der Waals surface area contributed by atoms with Crippen LogP contribution < -0.4 is 20.7 Å². The van der Waals surface area contributed by atoms with Crippen LogP contribution in [0, 0.1) is 6.92 Å². The summed E-state index contributed by atoms with van der Waals surface area (Å²) in [5.74, 6) is 7.20. The van der Waals surface area contributed by atoms with Gasteiger partial charge in [-0.1, -0.05) is 23.7 Å². The molecule has 0 spiro atoms. The Balaban J connectivity index is 2.54. The van der Waals surface area contributed by atoms with Crippen molar-refractivity contribution in [3.63, 3.8) is 0 Å². The van der Waals surface area contributed by atoms with Crippen LogP contribution in [0.4, 0.5) is 0 Å². The van der Waals surface area contributed by atoms with Crippen molar-refractivity contribution in [1.82, 2.24) is 5.43 Å². The van der Waals surface area contributed by atoms with E-state index in [1.165, 1.54) is 0 Å². The zero-order valence-corrected chi connectivity index (χ0v) is 13.1. The number of methoxy groups -OCH3 is 2. The monoisotopic (exact) mass is 306 g/mol. The van der Waals surface area contributed by atoms with Gasteiger partial charge in [0, 0.05) is 10.6 Å². The van der Waals surface area contributed by atoms with Gasteiger partial charge in [-0.2, -0.15) is 0 Å². The number of aryl methyl sites for hydroxylation is 1. The van der Waals surface area contributed by atoms with Crippen LogP contribution in [0.15, 0.2) is 36.4 Å². The third-order valence-electron chi connectivity index (χ3n) is 3.38. The summed E-state index contributed by atoms with van der Waals surface area (Å²) in [6.07, 6.45) is 0. The maximum Gasteiger partial charge on any atom is 0.124 e. The minimum absolute atomic E-state index is 0.289. The van der Waals surface area contributed by atoms with Crippen LogP contribution >= 0.6 is 11.6 Å². The summed E-state index contributed by atoms with van der Waals surface area (Å²) >= 11 is 6.35. The van der Waals surface area contributed by atoms with Gasteiger partial charge in [0.2, 0.25) is 0 Å². The minimum Gasteiger partial charge on any atom is -0.497 e. The molecule has 4 nitrogen and oxygen atoms in total. The van der Waals surface area contributed by atoms with Gasteiger partial charge in [0.1, 0.15) is 11.5 Å². The van der Waals surface area contributed by atoms with Crippen molar-refractivity contribution >= 4 is 11.6 Å². The lowest BCUT2D eigenvalue weighted by Gasteiger charge is -2.21. The summed E-state index contributed by atoms with van der Waals surface area (Å²) in [5.41, 5.74) is 5.65. The summed E-state index contributed by atoms with van der Waals surface area (Å²) in [7, 11) is 3.24. The third kappa shape index (κ3) is 3.29. The first-order chi connectivity index (χ1) is 10.1. The van der Waals surface area contributed by atoms with E-state index in [0.717, 1.165) is 28.2 Å². The van der Waals surface area contributed by atoms with E-state index in [-0.39, 0.29) is 6.04 Å². The van der Waals surface area contributed by atoms with Gasteiger partial charge in [0.25, 0.3) is 0 Å². The Labute approximate surface area is 129 Å². The number of nitrogens with two attached hydrogens (primary N) is 1. The van der Waals surface area contributed by atoms with Crippen LogP contribution in [0.2, 0.25) is 5.02 Å². The molecule has 21 heavy (non-hydrogen) atoms. The summed E-state index contributed by atoms with van der Waals surface area (Å²) in [6.45, 7) is 1.99. The highest BCUT2D eigenvalue weighted by Crippen LogP contribution is 2.35. The molecular weight excluding hydrogens is 288 g/mol. The second-order valence-electron chi connectivity index (χ2n) is 4.73. The second kappa shape index (κ2) is 6.80. The van der Waals surface area contributed by atoms with E-state index >= 15 is 0 Å². The normalized spacial score (nSPS) is 12.0. The predicted molar refractivity (Wildman–Crippen MR) is 84.9 cm³/mol. The molecule has 5 heteroatoms. The third-order valence-corrected chi connectivity index (χ3v) is 3.71. The molecular formula is C16H19ClN2O2. The number of nitrogens with one attached hydrogen (secondary N) is 1. The Kier molecular flexibility index (Phi) is 5.07. The second-order valence-corrected chi connectivity index (χ2v) is 5.14. The lowest BCUT2D eigenvalue weighted by atomic mass is 9.97. The zero-order valence-electron chi connectivity index (χ0n) is 12.3. The van der Waals surface area contributed by atoms with E-state index in [9.17, 15) is 0 Å². The molecule has 0 bridgehead atoms. The number of ether oxygens (including phenoxy) is 2. The zero-order chi connectivity index (χ0) is 15.4. The van der Waals surface area contributed by atoms with Crippen molar-refractivity contribution in [2.45, 2.75) is 13.0 Å². The highest BCUT2D eigenvalue weighted by Gasteiger charge is 2.20. The number of hydrogen-bond donors (Lipinski definition) is 2. The van der Waals surface area contributed by atoms with E-state index in [1.807, 2.05) is 43.3 Å². The molecule has 0 radical (unpaired) electrons. The average Bonchev–Trinajstić information content (AvgIpc) is 2.49. The largest absolute Gasteiger partial charge is 0.497 e. The van der Waals surface area contributed by atoms with Crippen LogP contribution in [-0.2, 0) is 0 Å². The number of rotatable bonds is 5. The molecule has 0 aliphatic heterocycles. The molecule has 0 aromatic heterocycles. The molecule has 0 aliphatic rings. The van der Waals surface area contributed by atoms with Crippen molar-refractivity contribution in [3.05, 3.63) is 58.1 Å². The van der Waals surface area contributed by atoms with Gasteiger partial charge in [0.05, 0.1) is 20.3 Å². The SMILES string of the molecule is COc1ccc(OC)c(C(NN)c2ccc(C)cc2Cl)c1. The van der Waals surface area contributed by atoms with Crippen molar-refractivity contribution in [2.75, 3.05) is 14.2 Å². The Hall–Kier alpha value is -1.75. The highest BCUT2D eigenvalue weighted by atomic mass is 35.5. The van der Waals surface area contributed by atoms with Crippen LogP contribution in [0.1, 0.15) is 22.7 Å². The molecule has 1 atom stereocenters. The standard InChI is InChI=1S/C16H19ClN2O2/c1-10-4-6-12(14(17)8-10)16(19-18)13-9-11(20-2)5-7-15(13)21-3/h4-9,16,19H,18H2,1-3H3. The van der Waals surface area contributed by atoms with E-state index in [2.05, 4.69) is 5.43 Å². The Morgan fingerprint density at radius 3 is 2.38 bits per heavy atom. The molecule has 0 amide bonds. The molecule has 2 aromatic carbocycles. The molecule has 0 saturated carbocycles. The number of halogens is 1. The lowest BCUT2D eigenvalue weighted by Crippen LogP contribution is -2.29. The smallest absolute Gasteiger partial charge is 0.124 e. The number of benzene rings is 2. The van der Waals surface area contributed by atoms with Gasteiger partial charge < -0.3 is 9.47 Å². The molecule has 0 aliphatic carbocycles. The van der Waals surface area contributed by atoms with Gasteiger partial charge in [-0.15, -0.1) is 0 Å². The first-order valence-corrected chi connectivity index (χ1v) is 6.92. The number of hydrogen-bond acceptors (Lipinski definition) is 4.